The minimum absolute atomic E-state index is 0.0409. The van der Waals surface area contributed by atoms with E-state index in [1.165, 1.54) is 25.4 Å². The summed E-state index contributed by atoms with van der Waals surface area (Å²) in [5, 5.41) is 3.02. The Labute approximate surface area is 150 Å². The van der Waals surface area contributed by atoms with E-state index in [0.717, 1.165) is 35.8 Å². The van der Waals surface area contributed by atoms with Gasteiger partial charge in [-0.3, -0.25) is 14.2 Å². The molecule has 1 amide bonds. The van der Waals surface area contributed by atoms with Crippen LogP contribution in [0.25, 0.3) is 0 Å². The Bertz CT molecular complexity index is 901. The number of carbonyl (C=O) groups is 1. The van der Waals surface area contributed by atoms with Gasteiger partial charge in [0.2, 0.25) is 5.91 Å². The summed E-state index contributed by atoms with van der Waals surface area (Å²) in [5.41, 5.74) is 0.345. The molecule has 1 aromatic heterocycles. The van der Waals surface area contributed by atoms with Gasteiger partial charge in [-0.05, 0) is 42.9 Å². The Balaban J connectivity index is 1.63. The molecule has 138 valence electrons. The number of H-pyrrole nitrogens is 1. The van der Waals surface area contributed by atoms with E-state index in [9.17, 15) is 18.8 Å². The van der Waals surface area contributed by atoms with Crippen LogP contribution in [0, 0.1) is 11.7 Å². The summed E-state index contributed by atoms with van der Waals surface area (Å²) >= 11 is 0. The van der Waals surface area contributed by atoms with Crippen molar-refractivity contribution in [1.82, 2.24) is 14.9 Å². The number of amides is 1. The average Bonchev–Trinajstić information content (AvgIpc) is 3.04. The van der Waals surface area contributed by atoms with Gasteiger partial charge in [0, 0.05) is 24.8 Å². The molecule has 0 saturated heterocycles. The van der Waals surface area contributed by atoms with Gasteiger partial charge in [0.1, 0.15) is 5.82 Å². The van der Waals surface area contributed by atoms with Gasteiger partial charge in [-0.15, -0.1) is 0 Å². The number of hydrogen-bond acceptors (Lipinski definition) is 3. The number of aromatic nitrogens is 2. The maximum atomic E-state index is 13.0. The lowest BCUT2D eigenvalue weighted by atomic mass is 9.94. The van der Waals surface area contributed by atoms with Crippen molar-refractivity contribution in [1.29, 1.82) is 0 Å². The summed E-state index contributed by atoms with van der Waals surface area (Å²) in [6, 6.07) is 6.49. The molecule has 3 rings (SSSR count). The lowest BCUT2D eigenvalue weighted by molar-refractivity contribution is -0.121. The van der Waals surface area contributed by atoms with Crippen molar-refractivity contribution in [2.24, 2.45) is 13.0 Å². The fourth-order valence-corrected chi connectivity index (χ4v) is 3.57. The Kier molecular flexibility index (Phi) is 5.35. The number of halogens is 1. The molecule has 1 saturated carbocycles. The fourth-order valence-electron chi connectivity index (χ4n) is 3.57. The third kappa shape index (κ3) is 4.09. The molecular weight excluding hydrogens is 337 g/mol. The van der Waals surface area contributed by atoms with E-state index in [1.54, 1.807) is 12.1 Å². The number of nitrogens with zero attached hydrogens (tertiary/aromatic N) is 1. The van der Waals surface area contributed by atoms with E-state index < -0.39 is 11.2 Å². The lowest BCUT2D eigenvalue weighted by Crippen LogP contribution is -2.41. The first-order valence-electron chi connectivity index (χ1n) is 8.75. The highest BCUT2D eigenvalue weighted by Crippen LogP contribution is 2.29. The zero-order chi connectivity index (χ0) is 18.7. The molecule has 6 nitrogen and oxygen atoms in total. The van der Waals surface area contributed by atoms with Gasteiger partial charge in [-0.25, -0.2) is 9.18 Å². The smallest absolute Gasteiger partial charge is 0.328 e. The van der Waals surface area contributed by atoms with Crippen LogP contribution in [-0.2, 0) is 24.7 Å². The van der Waals surface area contributed by atoms with E-state index in [0.29, 0.717) is 5.92 Å². The zero-order valence-electron chi connectivity index (χ0n) is 14.6. The SMILES string of the molecule is Cn1c(=O)[nH]cc(CC(=O)N[C@H]2CCC[C@H]2Cc2ccc(F)cc2)c1=O. The van der Waals surface area contributed by atoms with Crippen LogP contribution in [0.4, 0.5) is 4.39 Å². The predicted octanol–water partition coefficient (Wildman–Crippen LogP) is 1.28. The van der Waals surface area contributed by atoms with Crippen molar-refractivity contribution in [3.05, 3.63) is 68.2 Å². The van der Waals surface area contributed by atoms with Crippen molar-refractivity contribution in [2.75, 3.05) is 0 Å². The summed E-state index contributed by atoms with van der Waals surface area (Å²) in [7, 11) is 1.37. The van der Waals surface area contributed by atoms with Gasteiger partial charge >= 0.3 is 5.69 Å². The van der Waals surface area contributed by atoms with Gasteiger partial charge in [0.25, 0.3) is 5.56 Å². The minimum atomic E-state index is -0.505. The Morgan fingerprint density at radius 3 is 2.73 bits per heavy atom. The molecule has 0 spiro atoms. The molecule has 0 unspecified atom stereocenters. The van der Waals surface area contributed by atoms with Crippen molar-refractivity contribution in [3.63, 3.8) is 0 Å². The Hall–Kier alpha value is -2.70. The van der Waals surface area contributed by atoms with Gasteiger partial charge in [-0.1, -0.05) is 18.6 Å². The second kappa shape index (κ2) is 7.68. The van der Waals surface area contributed by atoms with Crippen molar-refractivity contribution in [2.45, 2.75) is 38.1 Å². The molecule has 0 radical (unpaired) electrons. The minimum Gasteiger partial charge on any atom is -0.353 e. The first-order chi connectivity index (χ1) is 12.4. The van der Waals surface area contributed by atoms with Crippen LogP contribution in [0.1, 0.15) is 30.4 Å². The molecule has 0 bridgehead atoms. The molecule has 0 aliphatic heterocycles. The molecule has 26 heavy (non-hydrogen) atoms. The van der Waals surface area contributed by atoms with Crippen molar-refractivity contribution in [3.8, 4) is 0 Å². The topological polar surface area (TPSA) is 84.0 Å². The summed E-state index contributed by atoms with van der Waals surface area (Å²) in [5.74, 6) is -0.194. The molecule has 1 aliphatic rings. The first-order valence-corrected chi connectivity index (χ1v) is 8.75. The third-order valence-corrected chi connectivity index (χ3v) is 5.02. The van der Waals surface area contributed by atoms with Crippen LogP contribution < -0.4 is 16.6 Å². The Morgan fingerprint density at radius 1 is 1.27 bits per heavy atom. The molecule has 2 N–H and O–H groups in total. The fraction of sp³-hybridized carbons (Fsp3) is 0.421. The number of nitrogens with one attached hydrogen (secondary N) is 2. The summed E-state index contributed by atoms with van der Waals surface area (Å²) in [6.45, 7) is 0. The standard InChI is InChI=1S/C19H22FN3O3/c1-23-18(25)14(11-21-19(23)26)10-17(24)22-16-4-2-3-13(16)9-12-5-7-15(20)8-6-12/h5-8,11,13,16H,2-4,9-10H2,1H3,(H,21,26)(H,22,24)/t13-,16-/m0/s1. The summed E-state index contributed by atoms with van der Waals surface area (Å²) < 4.78 is 14.0. The summed E-state index contributed by atoms with van der Waals surface area (Å²) in [6.07, 6.45) is 4.94. The van der Waals surface area contributed by atoms with Crippen molar-refractivity contribution < 1.29 is 9.18 Å². The lowest BCUT2D eigenvalue weighted by Gasteiger charge is -2.21. The largest absolute Gasteiger partial charge is 0.353 e. The molecule has 7 heteroatoms. The van der Waals surface area contributed by atoms with Crippen molar-refractivity contribution >= 4 is 5.91 Å². The molecule has 1 aromatic carbocycles. The monoisotopic (exact) mass is 359 g/mol. The van der Waals surface area contributed by atoms with E-state index >= 15 is 0 Å². The molecule has 1 fully saturated rings. The number of hydrogen-bond donors (Lipinski definition) is 2. The van der Waals surface area contributed by atoms with Gasteiger partial charge in [0.15, 0.2) is 0 Å². The van der Waals surface area contributed by atoms with E-state index in [-0.39, 0.29) is 29.8 Å². The van der Waals surface area contributed by atoms with Gasteiger partial charge in [-0.2, -0.15) is 0 Å². The van der Waals surface area contributed by atoms with Crippen LogP contribution in [0.5, 0.6) is 0 Å². The molecule has 1 aliphatic carbocycles. The Morgan fingerprint density at radius 2 is 2.00 bits per heavy atom. The van der Waals surface area contributed by atoms with Crippen LogP contribution in [0.15, 0.2) is 40.1 Å². The van der Waals surface area contributed by atoms with Crippen LogP contribution in [0.2, 0.25) is 0 Å². The number of benzene rings is 1. The number of rotatable bonds is 5. The van der Waals surface area contributed by atoms with Gasteiger partial charge < -0.3 is 10.3 Å². The van der Waals surface area contributed by atoms with Crippen LogP contribution in [-0.4, -0.2) is 21.5 Å². The second-order valence-electron chi connectivity index (χ2n) is 6.86. The predicted molar refractivity (Wildman–Crippen MR) is 95.4 cm³/mol. The maximum Gasteiger partial charge on any atom is 0.328 e. The average molecular weight is 359 g/mol. The highest BCUT2D eigenvalue weighted by Gasteiger charge is 2.28. The molecule has 2 aromatic rings. The summed E-state index contributed by atoms with van der Waals surface area (Å²) in [4.78, 5) is 38.2. The molecule has 2 atom stereocenters. The van der Waals surface area contributed by atoms with E-state index in [2.05, 4.69) is 10.3 Å². The van der Waals surface area contributed by atoms with E-state index in [4.69, 9.17) is 0 Å². The van der Waals surface area contributed by atoms with Crippen LogP contribution in [0.3, 0.4) is 0 Å². The second-order valence-corrected chi connectivity index (χ2v) is 6.86. The first kappa shape index (κ1) is 18.1. The van der Waals surface area contributed by atoms with Gasteiger partial charge in [0.05, 0.1) is 6.42 Å². The van der Waals surface area contributed by atoms with Crippen LogP contribution >= 0.6 is 0 Å². The van der Waals surface area contributed by atoms with E-state index in [1.807, 2.05) is 0 Å². The maximum absolute atomic E-state index is 13.0. The molecule has 1 heterocycles. The zero-order valence-corrected chi connectivity index (χ0v) is 14.6. The number of carbonyl (C=O) groups excluding carboxylic acids is 1. The third-order valence-electron chi connectivity index (χ3n) is 5.02. The molecular formula is C19H22FN3O3. The highest BCUT2D eigenvalue weighted by atomic mass is 19.1. The highest BCUT2D eigenvalue weighted by molar-refractivity contribution is 5.78. The quantitative estimate of drug-likeness (QED) is 0.844. The number of aromatic amines is 1. The normalized spacial score (nSPS) is 19.5.